The predicted molar refractivity (Wildman–Crippen MR) is 59.4 cm³/mol. The van der Waals surface area contributed by atoms with Crippen molar-refractivity contribution >= 4 is 28.2 Å². The Kier molecular flexibility index (Phi) is 3.14. The van der Waals surface area contributed by atoms with Crippen LogP contribution in [0, 0.1) is 5.41 Å². The first-order valence-electron chi connectivity index (χ1n) is 4.44. The van der Waals surface area contributed by atoms with Crippen molar-refractivity contribution in [2.75, 3.05) is 5.32 Å². The van der Waals surface area contributed by atoms with Crippen molar-refractivity contribution in [3.05, 3.63) is 17.0 Å². The highest BCUT2D eigenvalue weighted by atomic mass is 32.1. The van der Waals surface area contributed by atoms with Gasteiger partial charge in [-0.2, -0.15) is 0 Å². The number of carbonyl (C=O) groups is 2. The molecule has 1 aromatic heterocycles. The summed E-state index contributed by atoms with van der Waals surface area (Å²) in [5, 5.41) is 13.5. The van der Waals surface area contributed by atoms with Gasteiger partial charge in [0.2, 0.25) is 5.91 Å². The van der Waals surface area contributed by atoms with E-state index in [0.29, 0.717) is 5.00 Å². The van der Waals surface area contributed by atoms with Crippen molar-refractivity contribution < 1.29 is 14.7 Å². The van der Waals surface area contributed by atoms with Crippen LogP contribution in [-0.2, 0) is 4.79 Å². The minimum atomic E-state index is -1.03. The van der Waals surface area contributed by atoms with E-state index in [4.69, 9.17) is 5.11 Å². The highest BCUT2D eigenvalue weighted by Gasteiger charge is 2.23. The lowest BCUT2D eigenvalue weighted by Gasteiger charge is -2.17. The van der Waals surface area contributed by atoms with Crippen LogP contribution < -0.4 is 5.32 Å². The molecule has 0 bridgehead atoms. The van der Waals surface area contributed by atoms with E-state index >= 15 is 0 Å². The Hall–Kier alpha value is -1.36. The molecule has 0 atom stereocenters. The van der Waals surface area contributed by atoms with E-state index in [2.05, 4.69) is 5.32 Å². The van der Waals surface area contributed by atoms with Gasteiger partial charge in [-0.25, -0.2) is 4.79 Å². The van der Waals surface area contributed by atoms with E-state index in [1.54, 1.807) is 26.2 Å². The zero-order valence-electron chi connectivity index (χ0n) is 8.83. The minimum Gasteiger partial charge on any atom is -0.478 e. The lowest BCUT2D eigenvalue weighted by atomic mass is 9.96. The smallest absolute Gasteiger partial charge is 0.338 e. The van der Waals surface area contributed by atoms with Crippen molar-refractivity contribution in [2.45, 2.75) is 20.8 Å². The molecule has 2 N–H and O–H groups in total. The molecule has 0 aliphatic rings. The first-order chi connectivity index (χ1) is 6.82. The number of amides is 1. The number of carboxylic acids is 1. The lowest BCUT2D eigenvalue weighted by molar-refractivity contribution is -0.123. The number of thiophene rings is 1. The number of nitrogens with one attached hydrogen (secondary N) is 1. The maximum atomic E-state index is 11.6. The van der Waals surface area contributed by atoms with Gasteiger partial charge in [0, 0.05) is 5.41 Å². The summed E-state index contributed by atoms with van der Waals surface area (Å²) in [6, 6.07) is 1.48. The zero-order valence-corrected chi connectivity index (χ0v) is 9.64. The number of carboxylic acid groups (broad SMARTS) is 1. The zero-order chi connectivity index (χ0) is 11.6. The molecular weight excluding hydrogens is 214 g/mol. The van der Waals surface area contributed by atoms with Gasteiger partial charge >= 0.3 is 5.97 Å². The van der Waals surface area contributed by atoms with Crippen molar-refractivity contribution in [1.29, 1.82) is 0 Å². The van der Waals surface area contributed by atoms with Crippen LogP contribution in [0.2, 0.25) is 0 Å². The SMILES string of the molecule is CC(C)(C)C(=O)Nc1sccc1C(=O)O. The summed E-state index contributed by atoms with van der Waals surface area (Å²) in [5.74, 6) is -1.21. The fourth-order valence-corrected chi connectivity index (χ4v) is 1.64. The summed E-state index contributed by atoms with van der Waals surface area (Å²) in [7, 11) is 0. The first-order valence-corrected chi connectivity index (χ1v) is 5.32. The summed E-state index contributed by atoms with van der Waals surface area (Å²) < 4.78 is 0. The third-order valence-electron chi connectivity index (χ3n) is 1.80. The molecule has 0 aliphatic carbocycles. The Morgan fingerprint density at radius 3 is 2.47 bits per heavy atom. The van der Waals surface area contributed by atoms with Crippen LogP contribution in [0.15, 0.2) is 11.4 Å². The van der Waals surface area contributed by atoms with E-state index in [9.17, 15) is 9.59 Å². The number of carbonyl (C=O) groups excluding carboxylic acids is 1. The van der Waals surface area contributed by atoms with Crippen molar-refractivity contribution in [2.24, 2.45) is 5.41 Å². The molecule has 82 valence electrons. The average molecular weight is 227 g/mol. The van der Waals surface area contributed by atoms with Crippen LogP contribution in [0.1, 0.15) is 31.1 Å². The van der Waals surface area contributed by atoms with Crippen LogP contribution in [-0.4, -0.2) is 17.0 Å². The topological polar surface area (TPSA) is 66.4 Å². The van der Waals surface area contributed by atoms with E-state index in [1.807, 2.05) is 0 Å². The second-order valence-electron chi connectivity index (χ2n) is 4.17. The van der Waals surface area contributed by atoms with Crippen molar-refractivity contribution in [3.8, 4) is 0 Å². The third kappa shape index (κ3) is 2.79. The Labute approximate surface area is 91.9 Å². The lowest BCUT2D eigenvalue weighted by Crippen LogP contribution is -2.27. The van der Waals surface area contributed by atoms with Crippen molar-refractivity contribution in [1.82, 2.24) is 0 Å². The number of anilines is 1. The van der Waals surface area contributed by atoms with Crippen molar-refractivity contribution in [3.63, 3.8) is 0 Å². The molecule has 1 amide bonds. The largest absolute Gasteiger partial charge is 0.478 e. The van der Waals surface area contributed by atoms with Gasteiger partial charge in [0.05, 0.1) is 5.56 Å². The average Bonchev–Trinajstić information content (AvgIpc) is 2.50. The first kappa shape index (κ1) is 11.7. The number of aromatic carboxylic acids is 1. The molecule has 0 spiro atoms. The predicted octanol–water partition coefficient (Wildman–Crippen LogP) is 2.43. The van der Waals surface area contributed by atoms with Gasteiger partial charge in [-0.3, -0.25) is 4.79 Å². The maximum absolute atomic E-state index is 11.6. The maximum Gasteiger partial charge on any atom is 0.338 e. The Morgan fingerprint density at radius 2 is 2.00 bits per heavy atom. The van der Waals surface area contributed by atoms with Crippen LogP contribution in [0.3, 0.4) is 0 Å². The molecule has 0 radical (unpaired) electrons. The monoisotopic (exact) mass is 227 g/mol. The molecule has 5 heteroatoms. The molecule has 0 unspecified atom stereocenters. The van der Waals surface area contributed by atoms with Gasteiger partial charge in [-0.05, 0) is 11.4 Å². The molecule has 4 nitrogen and oxygen atoms in total. The summed E-state index contributed by atoms with van der Waals surface area (Å²) >= 11 is 1.21. The second kappa shape index (κ2) is 4.02. The highest BCUT2D eigenvalue weighted by molar-refractivity contribution is 7.14. The molecular formula is C10H13NO3S. The molecule has 0 fully saturated rings. The minimum absolute atomic E-state index is 0.137. The fourth-order valence-electron chi connectivity index (χ4n) is 0.865. The number of hydrogen-bond acceptors (Lipinski definition) is 3. The van der Waals surface area contributed by atoms with Crippen LogP contribution >= 0.6 is 11.3 Å². The summed E-state index contributed by atoms with van der Waals surface area (Å²) in [4.78, 5) is 22.4. The Balaban J connectivity index is 2.86. The van der Waals surface area contributed by atoms with E-state index in [1.165, 1.54) is 17.4 Å². The number of hydrogen-bond donors (Lipinski definition) is 2. The van der Waals surface area contributed by atoms with E-state index in [-0.39, 0.29) is 11.5 Å². The Bertz CT molecular complexity index is 390. The fraction of sp³-hybridized carbons (Fsp3) is 0.400. The van der Waals surface area contributed by atoms with E-state index in [0.717, 1.165) is 0 Å². The molecule has 1 rings (SSSR count). The molecule has 0 saturated heterocycles. The summed E-state index contributed by atoms with van der Waals surface area (Å²) in [6.45, 7) is 5.32. The van der Waals surface area contributed by atoms with Crippen LogP contribution in [0.5, 0.6) is 0 Å². The molecule has 0 saturated carbocycles. The van der Waals surface area contributed by atoms with Gasteiger partial charge in [0.25, 0.3) is 0 Å². The van der Waals surface area contributed by atoms with Gasteiger partial charge in [0.1, 0.15) is 5.00 Å². The van der Waals surface area contributed by atoms with Crippen LogP contribution in [0.25, 0.3) is 0 Å². The quantitative estimate of drug-likeness (QED) is 0.815. The molecule has 15 heavy (non-hydrogen) atoms. The van der Waals surface area contributed by atoms with Gasteiger partial charge in [0.15, 0.2) is 0 Å². The van der Waals surface area contributed by atoms with Gasteiger partial charge in [-0.15, -0.1) is 11.3 Å². The third-order valence-corrected chi connectivity index (χ3v) is 2.63. The summed E-state index contributed by atoms with van der Waals surface area (Å²) in [6.07, 6.45) is 0. The standard InChI is InChI=1S/C10H13NO3S/c1-10(2,3)9(14)11-7-6(8(12)13)4-5-15-7/h4-5H,1-3H3,(H,11,14)(H,12,13). The molecule has 0 aromatic carbocycles. The second-order valence-corrected chi connectivity index (χ2v) is 5.09. The Morgan fingerprint density at radius 1 is 1.40 bits per heavy atom. The molecule has 1 heterocycles. The van der Waals surface area contributed by atoms with E-state index < -0.39 is 11.4 Å². The normalized spacial score (nSPS) is 11.1. The highest BCUT2D eigenvalue weighted by Crippen LogP contribution is 2.25. The molecule has 0 aliphatic heterocycles. The van der Waals surface area contributed by atoms with Gasteiger partial charge in [-0.1, -0.05) is 20.8 Å². The molecule has 1 aromatic rings. The summed E-state index contributed by atoms with van der Waals surface area (Å²) in [5.41, 5.74) is -0.391. The number of rotatable bonds is 2. The van der Waals surface area contributed by atoms with Gasteiger partial charge < -0.3 is 10.4 Å². The van der Waals surface area contributed by atoms with Crippen LogP contribution in [0.4, 0.5) is 5.00 Å².